The molecule has 3 heteroatoms. The summed E-state index contributed by atoms with van der Waals surface area (Å²) in [5.41, 5.74) is 0.266. The number of rotatable bonds is 4. The van der Waals surface area contributed by atoms with Crippen molar-refractivity contribution in [2.75, 3.05) is 13.1 Å². The average molecular weight is 246 g/mol. The number of carbonyl (C=O) groups excluding carboxylic acids is 1. The molecule has 4 fully saturated rings. The van der Waals surface area contributed by atoms with Gasteiger partial charge in [-0.05, 0) is 56.3 Å². The Kier molecular flexibility index (Phi) is 3.07. The minimum Gasteiger partial charge on any atom is -0.344 e. The Hall–Kier alpha value is -1.01. The van der Waals surface area contributed by atoms with Crippen molar-refractivity contribution < 1.29 is 4.79 Å². The van der Waals surface area contributed by atoms with E-state index in [0.29, 0.717) is 13.1 Å². The molecule has 0 atom stereocenters. The van der Waals surface area contributed by atoms with Gasteiger partial charge in [-0.25, -0.2) is 0 Å². The van der Waals surface area contributed by atoms with E-state index in [1.807, 2.05) is 0 Å². The maximum Gasteiger partial charge on any atom is 0.234 e. The van der Waals surface area contributed by atoms with Crippen molar-refractivity contribution in [3.05, 3.63) is 0 Å². The third-order valence-corrected chi connectivity index (χ3v) is 5.05. The summed E-state index contributed by atoms with van der Waals surface area (Å²) in [5.74, 6) is 5.21. The zero-order valence-electron chi connectivity index (χ0n) is 10.9. The van der Waals surface area contributed by atoms with E-state index < -0.39 is 0 Å². The van der Waals surface area contributed by atoms with Crippen LogP contribution in [0.15, 0.2) is 0 Å². The second kappa shape index (κ2) is 4.59. The lowest BCUT2D eigenvalue weighted by atomic mass is 9.53. The summed E-state index contributed by atoms with van der Waals surface area (Å²) < 4.78 is 0. The fraction of sp³-hybridized carbons (Fsp3) is 0.800. The van der Waals surface area contributed by atoms with Gasteiger partial charge < -0.3 is 10.6 Å². The Balaban J connectivity index is 1.56. The maximum atomic E-state index is 11.6. The molecule has 0 radical (unpaired) electrons. The number of hydrogen-bond donors (Lipinski definition) is 2. The zero-order chi connectivity index (χ0) is 12.6. The molecule has 0 heterocycles. The second-order valence-corrected chi connectivity index (χ2v) is 6.53. The van der Waals surface area contributed by atoms with Gasteiger partial charge in [0.25, 0.3) is 0 Å². The third kappa shape index (κ3) is 2.27. The minimum absolute atomic E-state index is 0.0312. The molecule has 2 N–H and O–H groups in total. The molecule has 0 aliphatic heterocycles. The van der Waals surface area contributed by atoms with Crippen LogP contribution in [-0.2, 0) is 4.79 Å². The highest BCUT2D eigenvalue weighted by atomic mass is 16.1. The van der Waals surface area contributed by atoms with Crippen LogP contribution in [0.25, 0.3) is 0 Å². The molecule has 4 bridgehead atoms. The van der Waals surface area contributed by atoms with Crippen LogP contribution in [0.3, 0.4) is 0 Å². The van der Waals surface area contributed by atoms with Crippen molar-refractivity contribution in [2.24, 2.45) is 17.8 Å². The molecular weight excluding hydrogens is 224 g/mol. The zero-order valence-corrected chi connectivity index (χ0v) is 10.9. The molecule has 0 aromatic heterocycles. The van der Waals surface area contributed by atoms with Crippen molar-refractivity contribution in [3.63, 3.8) is 0 Å². The Labute approximate surface area is 109 Å². The number of amides is 1. The summed E-state index contributed by atoms with van der Waals surface area (Å²) in [6.07, 6.45) is 13.3. The molecule has 4 rings (SSSR count). The topological polar surface area (TPSA) is 41.1 Å². The second-order valence-electron chi connectivity index (χ2n) is 6.53. The van der Waals surface area contributed by atoms with Crippen LogP contribution >= 0.6 is 0 Å². The van der Waals surface area contributed by atoms with Crippen LogP contribution in [0.4, 0.5) is 0 Å². The molecule has 18 heavy (non-hydrogen) atoms. The molecule has 1 amide bonds. The lowest BCUT2D eigenvalue weighted by Gasteiger charge is -2.57. The van der Waals surface area contributed by atoms with E-state index in [2.05, 4.69) is 16.6 Å². The van der Waals surface area contributed by atoms with Gasteiger partial charge in [-0.1, -0.05) is 5.92 Å². The predicted molar refractivity (Wildman–Crippen MR) is 70.7 cm³/mol. The molecule has 4 aliphatic rings. The first-order chi connectivity index (χ1) is 8.69. The highest BCUT2D eigenvalue weighted by molar-refractivity contribution is 5.78. The number of carbonyl (C=O) groups is 1. The van der Waals surface area contributed by atoms with Crippen LogP contribution in [0.2, 0.25) is 0 Å². The first kappa shape index (κ1) is 12.0. The van der Waals surface area contributed by atoms with Crippen LogP contribution in [0.1, 0.15) is 38.5 Å². The summed E-state index contributed by atoms with van der Waals surface area (Å²) >= 11 is 0. The highest BCUT2D eigenvalue weighted by Crippen LogP contribution is 2.55. The molecule has 4 aliphatic carbocycles. The maximum absolute atomic E-state index is 11.6. The van der Waals surface area contributed by atoms with E-state index in [-0.39, 0.29) is 11.4 Å². The van der Waals surface area contributed by atoms with Gasteiger partial charge in [0.15, 0.2) is 0 Å². The van der Waals surface area contributed by atoms with Gasteiger partial charge in [-0.2, -0.15) is 0 Å². The van der Waals surface area contributed by atoms with E-state index in [0.717, 1.165) is 17.8 Å². The Morgan fingerprint density at radius 3 is 2.22 bits per heavy atom. The minimum atomic E-state index is 0.0312. The average Bonchev–Trinajstić information content (AvgIpc) is 2.32. The van der Waals surface area contributed by atoms with Gasteiger partial charge >= 0.3 is 0 Å². The van der Waals surface area contributed by atoms with Gasteiger partial charge in [0, 0.05) is 5.54 Å². The SMILES string of the molecule is C#CCNC(=O)CNC12CC3CC(CC(C3)C1)C2. The van der Waals surface area contributed by atoms with Crippen molar-refractivity contribution >= 4 is 5.91 Å². The van der Waals surface area contributed by atoms with Crippen molar-refractivity contribution in [1.82, 2.24) is 10.6 Å². The van der Waals surface area contributed by atoms with Gasteiger partial charge in [0.05, 0.1) is 13.1 Å². The molecule has 3 nitrogen and oxygen atoms in total. The van der Waals surface area contributed by atoms with Gasteiger partial charge in [-0.15, -0.1) is 6.42 Å². The molecule has 0 saturated heterocycles. The van der Waals surface area contributed by atoms with E-state index in [1.54, 1.807) is 0 Å². The van der Waals surface area contributed by atoms with Gasteiger partial charge in [0.2, 0.25) is 5.91 Å². The molecular formula is C15H22N2O. The van der Waals surface area contributed by atoms with Crippen molar-refractivity contribution in [1.29, 1.82) is 0 Å². The molecule has 4 saturated carbocycles. The predicted octanol–water partition coefficient (Wildman–Crippen LogP) is 1.29. The van der Waals surface area contributed by atoms with Crippen LogP contribution in [-0.4, -0.2) is 24.5 Å². The van der Waals surface area contributed by atoms with E-state index in [9.17, 15) is 4.79 Å². The quantitative estimate of drug-likeness (QED) is 0.734. The molecule has 98 valence electrons. The fourth-order valence-electron chi connectivity index (χ4n) is 4.81. The largest absolute Gasteiger partial charge is 0.344 e. The van der Waals surface area contributed by atoms with Crippen molar-refractivity contribution in [3.8, 4) is 12.3 Å². The van der Waals surface area contributed by atoms with E-state index in [1.165, 1.54) is 38.5 Å². The first-order valence-electron chi connectivity index (χ1n) is 7.14. The molecule has 0 aromatic rings. The number of nitrogens with one attached hydrogen (secondary N) is 2. The third-order valence-electron chi connectivity index (χ3n) is 5.05. The summed E-state index contributed by atoms with van der Waals surface area (Å²) in [5, 5.41) is 6.28. The number of terminal acetylenes is 1. The summed E-state index contributed by atoms with van der Waals surface area (Å²) in [4.78, 5) is 11.6. The smallest absolute Gasteiger partial charge is 0.234 e. The summed E-state index contributed by atoms with van der Waals surface area (Å²) in [6.45, 7) is 0.759. The molecule has 0 aromatic carbocycles. The summed E-state index contributed by atoms with van der Waals surface area (Å²) in [7, 11) is 0. The Morgan fingerprint density at radius 2 is 1.72 bits per heavy atom. The Bertz CT molecular complexity index is 347. The van der Waals surface area contributed by atoms with E-state index >= 15 is 0 Å². The van der Waals surface area contributed by atoms with Gasteiger partial charge in [0.1, 0.15) is 0 Å². The monoisotopic (exact) mass is 246 g/mol. The van der Waals surface area contributed by atoms with Crippen LogP contribution in [0.5, 0.6) is 0 Å². The first-order valence-corrected chi connectivity index (χ1v) is 7.14. The van der Waals surface area contributed by atoms with Gasteiger partial charge in [-0.3, -0.25) is 4.79 Å². The Morgan fingerprint density at radius 1 is 1.17 bits per heavy atom. The standard InChI is InChI=1S/C15H22N2O/c1-2-3-16-14(18)10-17-15-7-11-4-12(8-15)6-13(5-11)9-15/h1,11-13,17H,3-10H2,(H,16,18). The normalized spacial score (nSPS) is 40.5. The fourth-order valence-corrected chi connectivity index (χ4v) is 4.81. The summed E-state index contributed by atoms with van der Waals surface area (Å²) in [6, 6.07) is 0. The lowest BCUT2D eigenvalue weighted by molar-refractivity contribution is -0.121. The van der Waals surface area contributed by atoms with Crippen molar-refractivity contribution in [2.45, 2.75) is 44.1 Å². The molecule has 0 unspecified atom stereocenters. The van der Waals surface area contributed by atoms with Crippen LogP contribution < -0.4 is 10.6 Å². The number of hydrogen-bond acceptors (Lipinski definition) is 2. The van der Waals surface area contributed by atoms with E-state index in [4.69, 9.17) is 6.42 Å². The highest BCUT2D eigenvalue weighted by Gasteiger charge is 2.50. The van der Waals surface area contributed by atoms with Crippen LogP contribution in [0, 0.1) is 30.1 Å². The molecule has 0 spiro atoms. The lowest BCUT2D eigenvalue weighted by Crippen LogP contribution is -2.59.